The zero-order valence-electron chi connectivity index (χ0n) is 19.0. The summed E-state index contributed by atoms with van der Waals surface area (Å²) in [5, 5.41) is 13.3. The van der Waals surface area contributed by atoms with Crippen molar-refractivity contribution < 1.29 is 14.3 Å². The third kappa shape index (κ3) is 4.91. The predicted octanol–water partition coefficient (Wildman–Crippen LogP) is 4.39. The Morgan fingerprint density at radius 1 is 1.20 bits per heavy atom. The molecule has 0 radical (unpaired) electrons. The van der Waals surface area contributed by atoms with Gasteiger partial charge in [0.1, 0.15) is 23.4 Å². The molecule has 9 heteroatoms. The number of hydrogen-bond donors (Lipinski definition) is 2. The van der Waals surface area contributed by atoms with Gasteiger partial charge in [-0.25, -0.2) is 9.37 Å². The van der Waals surface area contributed by atoms with Crippen LogP contribution in [0.1, 0.15) is 29.8 Å². The second-order valence-corrected chi connectivity index (χ2v) is 9.02. The van der Waals surface area contributed by atoms with Gasteiger partial charge in [-0.05, 0) is 55.7 Å². The van der Waals surface area contributed by atoms with E-state index < -0.39 is 5.82 Å². The Kier molecular flexibility index (Phi) is 6.77. The number of aliphatic hydroxyl groups excluding tert-OH is 1. The molecule has 2 N–H and O–H groups in total. The molecule has 0 aliphatic carbocycles. The molecule has 5 rings (SSSR count). The maximum atomic E-state index is 14.6. The van der Waals surface area contributed by atoms with Crippen LogP contribution in [0.5, 0.6) is 0 Å². The number of aromatic nitrogens is 3. The van der Waals surface area contributed by atoms with Gasteiger partial charge in [-0.15, -0.1) is 0 Å². The molecule has 1 amide bonds. The second-order valence-electron chi connectivity index (χ2n) is 8.58. The molecule has 0 bridgehead atoms. The summed E-state index contributed by atoms with van der Waals surface area (Å²) < 4.78 is 16.3. The Hall–Kier alpha value is -3.33. The molecule has 3 aromatic heterocycles. The van der Waals surface area contributed by atoms with E-state index in [0.29, 0.717) is 39.7 Å². The molecule has 1 aliphatic heterocycles. The molecule has 1 fully saturated rings. The molecule has 180 valence electrons. The van der Waals surface area contributed by atoms with E-state index in [1.807, 2.05) is 23.1 Å². The van der Waals surface area contributed by atoms with Gasteiger partial charge >= 0.3 is 0 Å². The largest absolute Gasteiger partial charge is 0.378 e. The maximum absolute atomic E-state index is 14.6. The van der Waals surface area contributed by atoms with E-state index >= 15 is 0 Å². The fourth-order valence-electron chi connectivity index (χ4n) is 4.48. The zero-order valence-corrected chi connectivity index (χ0v) is 19.7. The molecule has 1 unspecified atom stereocenters. The van der Waals surface area contributed by atoms with Crippen LogP contribution in [0, 0.1) is 5.82 Å². The summed E-state index contributed by atoms with van der Waals surface area (Å²) in [6, 6.07) is 11.7. The lowest BCUT2D eigenvalue weighted by Gasteiger charge is -2.19. The SMILES string of the molecule is O=C(NCCCN1CCCC1O)c1cnc2ccc(-c3cccnc3-c3cc(Cl)ccc3F)cn12. The van der Waals surface area contributed by atoms with Crippen LogP contribution >= 0.6 is 11.6 Å². The Morgan fingerprint density at radius 3 is 2.91 bits per heavy atom. The van der Waals surface area contributed by atoms with Crippen molar-refractivity contribution in [1.82, 2.24) is 24.6 Å². The van der Waals surface area contributed by atoms with Crippen molar-refractivity contribution in [3.63, 3.8) is 0 Å². The minimum Gasteiger partial charge on any atom is -0.378 e. The Balaban J connectivity index is 1.38. The minimum absolute atomic E-state index is 0.232. The van der Waals surface area contributed by atoms with Crippen molar-refractivity contribution in [3.8, 4) is 22.4 Å². The van der Waals surface area contributed by atoms with Crippen molar-refractivity contribution in [2.75, 3.05) is 19.6 Å². The third-order valence-corrected chi connectivity index (χ3v) is 6.51. The molecule has 1 aliphatic rings. The van der Waals surface area contributed by atoms with E-state index in [1.165, 1.54) is 12.1 Å². The maximum Gasteiger partial charge on any atom is 0.269 e. The number of pyridine rings is 2. The number of halogens is 2. The van der Waals surface area contributed by atoms with E-state index in [9.17, 15) is 14.3 Å². The van der Waals surface area contributed by atoms with Crippen LogP contribution in [0.2, 0.25) is 5.02 Å². The molecular weight excluding hydrogens is 469 g/mol. The number of benzene rings is 1. The van der Waals surface area contributed by atoms with Crippen molar-refractivity contribution in [3.05, 3.63) is 77.6 Å². The molecule has 35 heavy (non-hydrogen) atoms. The molecular formula is C26H25ClFN5O2. The number of hydrogen-bond acceptors (Lipinski definition) is 5. The minimum atomic E-state index is -0.417. The van der Waals surface area contributed by atoms with Gasteiger partial charge in [0.2, 0.25) is 0 Å². The smallest absolute Gasteiger partial charge is 0.269 e. The van der Waals surface area contributed by atoms with E-state index in [-0.39, 0.29) is 12.1 Å². The topological polar surface area (TPSA) is 82.8 Å². The number of carbonyl (C=O) groups excluding carboxylic acids is 1. The van der Waals surface area contributed by atoms with Crippen LogP contribution in [0.4, 0.5) is 4.39 Å². The van der Waals surface area contributed by atoms with Gasteiger partial charge in [0.15, 0.2) is 0 Å². The summed E-state index contributed by atoms with van der Waals surface area (Å²) in [5.41, 5.74) is 3.26. The normalized spacial score (nSPS) is 16.1. The highest BCUT2D eigenvalue weighted by atomic mass is 35.5. The van der Waals surface area contributed by atoms with E-state index in [4.69, 9.17) is 11.6 Å². The van der Waals surface area contributed by atoms with Crippen LogP contribution in [0.15, 0.2) is 61.1 Å². The number of likely N-dealkylation sites (tertiary alicyclic amines) is 1. The monoisotopic (exact) mass is 493 g/mol. The first-order chi connectivity index (χ1) is 17.0. The summed E-state index contributed by atoms with van der Waals surface area (Å²) in [5.74, 6) is -0.650. The third-order valence-electron chi connectivity index (χ3n) is 6.28. The van der Waals surface area contributed by atoms with E-state index in [0.717, 1.165) is 37.9 Å². The molecule has 0 spiro atoms. The molecule has 4 heterocycles. The van der Waals surface area contributed by atoms with Crippen LogP contribution in [-0.2, 0) is 0 Å². The number of carbonyl (C=O) groups is 1. The first-order valence-corrected chi connectivity index (χ1v) is 12.0. The summed E-state index contributed by atoms with van der Waals surface area (Å²) in [4.78, 5) is 23.7. The zero-order chi connectivity index (χ0) is 24.4. The molecule has 7 nitrogen and oxygen atoms in total. The van der Waals surface area contributed by atoms with Gasteiger partial charge in [0, 0.05) is 53.7 Å². The lowest BCUT2D eigenvalue weighted by atomic mass is 10.0. The molecule has 4 aromatic rings. The number of imidazole rings is 1. The van der Waals surface area contributed by atoms with Gasteiger partial charge in [-0.1, -0.05) is 17.7 Å². The highest BCUT2D eigenvalue weighted by Gasteiger charge is 2.21. The van der Waals surface area contributed by atoms with Crippen LogP contribution in [0.25, 0.3) is 28.0 Å². The highest BCUT2D eigenvalue weighted by molar-refractivity contribution is 6.30. The molecule has 1 aromatic carbocycles. The predicted molar refractivity (Wildman–Crippen MR) is 133 cm³/mol. The Morgan fingerprint density at radius 2 is 2.09 bits per heavy atom. The number of fused-ring (bicyclic) bond motifs is 1. The van der Waals surface area contributed by atoms with Gasteiger partial charge in [0.25, 0.3) is 5.91 Å². The van der Waals surface area contributed by atoms with E-state index in [2.05, 4.69) is 15.3 Å². The number of nitrogens with one attached hydrogen (secondary N) is 1. The van der Waals surface area contributed by atoms with Crippen LogP contribution in [0.3, 0.4) is 0 Å². The summed E-state index contributed by atoms with van der Waals surface area (Å²) in [7, 11) is 0. The lowest BCUT2D eigenvalue weighted by Crippen LogP contribution is -2.33. The number of aliphatic hydroxyl groups is 1. The Bertz CT molecular complexity index is 1380. The average molecular weight is 494 g/mol. The fourth-order valence-corrected chi connectivity index (χ4v) is 4.66. The second kappa shape index (κ2) is 10.1. The molecule has 1 saturated heterocycles. The molecule has 0 saturated carbocycles. The van der Waals surface area contributed by atoms with Crippen LogP contribution in [-0.4, -0.2) is 56.1 Å². The van der Waals surface area contributed by atoms with Crippen molar-refractivity contribution in [2.45, 2.75) is 25.5 Å². The summed E-state index contributed by atoms with van der Waals surface area (Å²) >= 11 is 6.11. The van der Waals surface area contributed by atoms with Gasteiger partial charge < -0.3 is 10.4 Å². The lowest BCUT2D eigenvalue weighted by molar-refractivity contribution is 0.0377. The van der Waals surface area contributed by atoms with Crippen molar-refractivity contribution >= 4 is 23.2 Å². The van der Waals surface area contributed by atoms with Crippen molar-refractivity contribution in [2.24, 2.45) is 0 Å². The average Bonchev–Trinajstić information content (AvgIpc) is 3.48. The summed E-state index contributed by atoms with van der Waals surface area (Å²) in [6.07, 6.45) is 7.13. The molecule has 1 atom stereocenters. The highest BCUT2D eigenvalue weighted by Crippen LogP contribution is 2.33. The Labute approximate surface area is 207 Å². The summed E-state index contributed by atoms with van der Waals surface area (Å²) in [6.45, 7) is 2.12. The van der Waals surface area contributed by atoms with Gasteiger partial charge in [0.05, 0.1) is 11.9 Å². The first kappa shape index (κ1) is 23.4. The standard InChI is InChI=1S/C26H25ClFN5O2/c27-18-7-8-21(28)20(14-18)25-19(4-1-10-29-25)17-6-9-23-31-15-22(33(23)16-17)26(35)30-11-3-13-32-12-2-5-24(32)34/h1,4,6-10,14-16,24,34H,2-3,5,11-13H2,(H,30,35). The first-order valence-electron chi connectivity index (χ1n) is 11.6. The van der Waals surface area contributed by atoms with Crippen LogP contribution < -0.4 is 5.32 Å². The van der Waals surface area contributed by atoms with Crippen molar-refractivity contribution in [1.29, 1.82) is 0 Å². The number of nitrogens with zero attached hydrogens (tertiary/aromatic N) is 4. The number of rotatable bonds is 7. The quantitative estimate of drug-likeness (QED) is 0.373. The van der Waals surface area contributed by atoms with E-state index in [1.54, 1.807) is 35.1 Å². The van der Waals surface area contributed by atoms with Gasteiger partial charge in [-0.3, -0.25) is 19.1 Å². The number of amides is 1. The van der Waals surface area contributed by atoms with Gasteiger partial charge in [-0.2, -0.15) is 0 Å². The fraction of sp³-hybridized carbons (Fsp3) is 0.269.